The molecule has 2 atom stereocenters. The zero-order chi connectivity index (χ0) is 34.5. The number of esters is 2. The molecule has 11 nitrogen and oxygen atoms in total. The maximum absolute atomic E-state index is 13.8. The molecule has 0 N–H and O–H groups in total. The van der Waals surface area contributed by atoms with Crippen LogP contribution in [-0.4, -0.2) is 81.5 Å². The number of carbonyl (C=O) groups excluding carboxylic acids is 4. The summed E-state index contributed by atoms with van der Waals surface area (Å²) in [5, 5.41) is 6.02. The molecule has 1 amide bonds. The summed E-state index contributed by atoms with van der Waals surface area (Å²) in [6.45, 7) is 10.0. The number of carbonyl (C=O) groups is 4. The third kappa shape index (κ3) is 10.7. The SMILES string of the molecule is COc1ccc(COC(=O)C2=C(/C=C/CI)CSC3[C@H](CC(=O)/C(=N\OC(C)(C)C(=O)OC(C)(C)C)c4csc(C)n4)C(=O)N23)cc1.[B].[V]. The first kappa shape index (κ1) is 42.6. The number of allylic oxidation sites excluding steroid dienone is 2. The number of hydrogen-bond donors (Lipinski definition) is 0. The van der Waals surface area contributed by atoms with Gasteiger partial charge in [0.05, 0.1) is 23.4 Å². The number of aryl methyl sites for hydroxylation is 1. The molecule has 1 unspecified atom stereocenters. The Morgan fingerprint density at radius 3 is 2.39 bits per heavy atom. The van der Waals surface area contributed by atoms with Gasteiger partial charge in [-0.25, -0.2) is 14.6 Å². The molecule has 2 aliphatic heterocycles. The molecule has 0 saturated carbocycles. The topological polar surface area (TPSA) is 134 Å². The summed E-state index contributed by atoms with van der Waals surface area (Å²) in [5.74, 6) is -1.67. The van der Waals surface area contributed by atoms with Crippen molar-refractivity contribution in [2.45, 2.75) is 71.1 Å². The minimum absolute atomic E-state index is 0. The molecule has 1 saturated heterocycles. The fraction of sp³-hybridized carbons (Fsp3) is 0.455. The number of Topliss-reactive ketones (excluding diaryl/α,β-unsaturated/α-hetero) is 1. The van der Waals surface area contributed by atoms with Crippen molar-refractivity contribution in [3.05, 3.63) is 69.3 Å². The zero-order valence-electron chi connectivity index (χ0n) is 28.4. The number of methoxy groups -OCH3 is 1. The Bertz CT molecular complexity index is 1620. The third-order valence-electron chi connectivity index (χ3n) is 7.03. The molecule has 3 heterocycles. The largest absolute Gasteiger partial charge is 0.497 e. The molecule has 1 aromatic heterocycles. The average molecular weight is 857 g/mol. The van der Waals surface area contributed by atoms with Crippen LogP contribution in [0.15, 0.2) is 58.2 Å². The van der Waals surface area contributed by atoms with Gasteiger partial charge in [-0.15, -0.1) is 23.1 Å². The first-order valence-electron chi connectivity index (χ1n) is 14.8. The molecule has 1 fully saturated rings. The summed E-state index contributed by atoms with van der Waals surface area (Å²) in [6, 6.07) is 7.15. The Kier molecular flexibility index (Phi) is 15.7. The molecule has 0 bridgehead atoms. The van der Waals surface area contributed by atoms with Gasteiger partial charge in [0.15, 0.2) is 11.5 Å². The summed E-state index contributed by atoms with van der Waals surface area (Å²) in [4.78, 5) is 65.0. The van der Waals surface area contributed by atoms with Gasteiger partial charge in [0.25, 0.3) is 0 Å². The molecule has 2 aromatic rings. The van der Waals surface area contributed by atoms with Crippen molar-refractivity contribution in [2.75, 3.05) is 17.3 Å². The van der Waals surface area contributed by atoms with Crippen LogP contribution >= 0.6 is 45.7 Å². The number of thioether (sulfide) groups is 1. The van der Waals surface area contributed by atoms with Crippen LogP contribution in [0, 0.1) is 12.8 Å². The van der Waals surface area contributed by atoms with Crippen LogP contribution in [0.2, 0.25) is 0 Å². The van der Waals surface area contributed by atoms with Gasteiger partial charge in [-0.3, -0.25) is 14.5 Å². The Hall–Kier alpha value is -2.59. The van der Waals surface area contributed by atoms with Crippen molar-refractivity contribution in [3.63, 3.8) is 0 Å². The van der Waals surface area contributed by atoms with Gasteiger partial charge in [-0.2, -0.15) is 0 Å². The van der Waals surface area contributed by atoms with Crippen LogP contribution in [0.5, 0.6) is 5.75 Å². The van der Waals surface area contributed by atoms with E-state index in [4.69, 9.17) is 19.0 Å². The van der Waals surface area contributed by atoms with Gasteiger partial charge in [0.2, 0.25) is 11.5 Å². The predicted octanol–water partition coefficient (Wildman–Crippen LogP) is 5.40. The van der Waals surface area contributed by atoms with Crippen LogP contribution in [-0.2, 0) is 58.7 Å². The van der Waals surface area contributed by atoms with E-state index >= 15 is 0 Å². The van der Waals surface area contributed by atoms with Crippen molar-refractivity contribution < 1.29 is 56.8 Å². The van der Waals surface area contributed by atoms with E-state index in [0.29, 0.717) is 22.1 Å². The van der Waals surface area contributed by atoms with E-state index in [1.54, 1.807) is 64.5 Å². The van der Waals surface area contributed by atoms with E-state index in [9.17, 15) is 19.2 Å². The average Bonchev–Trinajstić information content (AvgIpc) is 3.45. The van der Waals surface area contributed by atoms with Gasteiger partial charge in [0.1, 0.15) is 29.3 Å². The number of alkyl halides is 1. The number of amides is 1. The monoisotopic (exact) mass is 857 g/mol. The summed E-state index contributed by atoms with van der Waals surface area (Å²) < 4.78 is 17.0. The molecule has 2 aliphatic rings. The smallest absolute Gasteiger partial charge is 0.355 e. The molecule has 1 aromatic carbocycles. The number of oxime groups is 1. The van der Waals surface area contributed by atoms with Gasteiger partial charge in [-0.05, 0) is 64.8 Å². The molecule has 0 spiro atoms. The van der Waals surface area contributed by atoms with E-state index in [-0.39, 0.29) is 63.0 Å². The normalized spacial score (nSPS) is 17.8. The molecule has 49 heavy (non-hydrogen) atoms. The standard InChI is InChI=1S/C33H38IN3O8S2.B.V/c1-19-35-24(18-46-19)26(36-45-33(5,6)31(41)44-32(2,3)4)25(38)15-23-28(39)37-27(21(9-8-14-34)17-47-29(23)37)30(40)43-16-20-10-12-22(42-7)13-11-20;;/h8-13,18,23,29H,14-17H2,1-7H3;;/b9-8+,36-26-;;/t23-,29?;;/m1../s1. The molecule has 4 rings (SSSR count). The number of β-lactam (4-membered cyclic amide) rings is 1. The van der Waals surface area contributed by atoms with Crippen LogP contribution in [0.3, 0.4) is 0 Å². The number of benzene rings is 1. The fourth-order valence-corrected chi connectivity index (χ4v) is 6.87. The van der Waals surface area contributed by atoms with E-state index in [1.807, 2.05) is 12.2 Å². The van der Waals surface area contributed by atoms with Crippen LogP contribution in [0.1, 0.15) is 57.3 Å². The number of thiazole rings is 1. The van der Waals surface area contributed by atoms with Crippen molar-refractivity contribution in [3.8, 4) is 5.75 Å². The summed E-state index contributed by atoms with van der Waals surface area (Å²) in [6.07, 6.45) is 3.56. The molecule has 0 aliphatic carbocycles. The molecule has 4 radical (unpaired) electrons. The molecule has 16 heteroatoms. The molecule has 260 valence electrons. The zero-order valence-corrected chi connectivity index (χ0v) is 33.5. The first-order valence-corrected chi connectivity index (χ1v) is 18.3. The van der Waals surface area contributed by atoms with Crippen molar-refractivity contribution >= 4 is 83.4 Å². The number of ketones is 1. The Balaban J connectivity index is 0.00000417. The first-order chi connectivity index (χ1) is 22.1. The second kappa shape index (κ2) is 18.1. The summed E-state index contributed by atoms with van der Waals surface area (Å²) in [5.41, 5.74) is -0.432. The Labute approximate surface area is 322 Å². The number of halogens is 1. The number of fused-ring (bicyclic) bond motifs is 1. The number of ether oxygens (including phenoxy) is 3. The molecular formula is C33H38BIN3O8S2V. The van der Waals surface area contributed by atoms with Gasteiger partial charge in [-0.1, -0.05) is 52.0 Å². The second-order valence-electron chi connectivity index (χ2n) is 12.3. The van der Waals surface area contributed by atoms with Crippen LogP contribution in [0.4, 0.5) is 0 Å². The maximum atomic E-state index is 13.8. The maximum Gasteiger partial charge on any atom is 0.355 e. The fourth-order valence-electron chi connectivity index (χ4n) is 4.63. The Morgan fingerprint density at radius 2 is 1.82 bits per heavy atom. The van der Waals surface area contributed by atoms with Crippen molar-refractivity contribution in [1.29, 1.82) is 0 Å². The quantitative estimate of drug-likeness (QED) is 0.0491. The van der Waals surface area contributed by atoms with Crippen LogP contribution in [0.25, 0.3) is 0 Å². The van der Waals surface area contributed by atoms with Crippen molar-refractivity contribution in [2.24, 2.45) is 11.1 Å². The van der Waals surface area contributed by atoms with E-state index in [0.717, 1.165) is 9.99 Å². The summed E-state index contributed by atoms with van der Waals surface area (Å²) in [7, 11) is 1.57. The molecular weight excluding hydrogens is 819 g/mol. The van der Waals surface area contributed by atoms with E-state index in [2.05, 4.69) is 32.7 Å². The van der Waals surface area contributed by atoms with Crippen molar-refractivity contribution in [1.82, 2.24) is 9.88 Å². The summed E-state index contributed by atoms with van der Waals surface area (Å²) >= 11 is 5.01. The predicted molar refractivity (Wildman–Crippen MR) is 194 cm³/mol. The minimum Gasteiger partial charge on any atom is -0.497 e. The van der Waals surface area contributed by atoms with E-state index in [1.165, 1.54) is 41.8 Å². The number of rotatable bonds is 13. The third-order valence-corrected chi connectivity index (χ3v) is 9.67. The van der Waals surface area contributed by atoms with Gasteiger partial charge < -0.3 is 19.0 Å². The number of aromatic nitrogens is 1. The van der Waals surface area contributed by atoms with E-state index < -0.39 is 40.2 Å². The van der Waals surface area contributed by atoms with Crippen LogP contribution < -0.4 is 4.74 Å². The Morgan fingerprint density at radius 1 is 1.14 bits per heavy atom. The second-order valence-corrected chi connectivity index (χ2v) is 15.3. The van der Waals surface area contributed by atoms with Gasteiger partial charge >= 0.3 is 11.9 Å². The number of nitrogens with zero attached hydrogens (tertiary/aromatic N) is 3. The van der Waals surface area contributed by atoms with Gasteiger partial charge in [0, 0.05) is 49.0 Å². The minimum atomic E-state index is -1.50. The number of hydrogen-bond acceptors (Lipinski definition) is 12.